The van der Waals surface area contributed by atoms with Gasteiger partial charge >= 0.3 is 0 Å². The summed E-state index contributed by atoms with van der Waals surface area (Å²) in [5.74, 6) is 0.885. The van der Waals surface area contributed by atoms with Crippen LogP contribution in [0.3, 0.4) is 0 Å². The number of fused-ring (bicyclic) bond motifs is 1. The Morgan fingerprint density at radius 1 is 1.36 bits per heavy atom. The Labute approximate surface area is 69.1 Å². The molecule has 2 atom stereocenters. The minimum absolute atomic E-state index is 0.501. The molecule has 1 heteroatoms. The van der Waals surface area contributed by atoms with Gasteiger partial charge < -0.3 is 4.74 Å². The van der Waals surface area contributed by atoms with Crippen molar-refractivity contribution >= 4 is 0 Å². The molecule has 11 heavy (non-hydrogen) atoms. The van der Waals surface area contributed by atoms with Gasteiger partial charge in [-0.25, -0.2) is 0 Å². The first-order chi connectivity index (χ1) is 5.06. The molecule has 0 N–H and O–H groups in total. The van der Waals surface area contributed by atoms with Gasteiger partial charge in [0.1, 0.15) is 0 Å². The van der Waals surface area contributed by atoms with Crippen molar-refractivity contribution in [3.05, 3.63) is 0 Å². The van der Waals surface area contributed by atoms with E-state index in [1.54, 1.807) is 0 Å². The third-order valence-electron chi connectivity index (χ3n) is 3.74. The van der Waals surface area contributed by atoms with Gasteiger partial charge in [0.05, 0.1) is 0 Å². The average molecular weight is 154 g/mol. The van der Waals surface area contributed by atoms with Crippen LogP contribution in [0.2, 0.25) is 0 Å². The molecular weight excluding hydrogens is 136 g/mol. The molecule has 1 aliphatic carbocycles. The summed E-state index contributed by atoms with van der Waals surface area (Å²) in [7, 11) is 0. The highest BCUT2D eigenvalue weighted by atomic mass is 16.5. The maximum Gasteiger partial charge on any atom is 0.0500 e. The SMILES string of the molecule is CC(C)(C)C12CCOCC1C2. The summed E-state index contributed by atoms with van der Waals surface area (Å²) in [4.78, 5) is 0. The van der Waals surface area contributed by atoms with Crippen LogP contribution >= 0.6 is 0 Å². The van der Waals surface area contributed by atoms with Gasteiger partial charge in [-0.3, -0.25) is 0 Å². The lowest BCUT2D eigenvalue weighted by atomic mass is 9.73. The summed E-state index contributed by atoms with van der Waals surface area (Å²) < 4.78 is 5.44. The molecule has 0 spiro atoms. The second-order valence-corrected chi connectivity index (χ2v) is 5.13. The van der Waals surface area contributed by atoms with Gasteiger partial charge in [0.25, 0.3) is 0 Å². The van der Waals surface area contributed by atoms with Crippen LogP contribution in [0, 0.1) is 16.7 Å². The van der Waals surface area contributed by atoms with E-state index < -0.39 is 0 Å². The highest BCUT2D eigenvalue weighted by Crippen LogP contribution is 2.66. The molecule has 1 nitrogen and oxygen atoms in total. The Hall–Kier alpha value is -0.0400. The largest absolute Gasteiger partial charge is 0.381 e. The average Bonchev–Trinajstić information content (AvgIpc) is 2.59. The van der Waals surface area contributed by atoms with Gasteiger partial charge in [0, 0.05) is 13.2 Å². The molecule has 0 amide bonds. The van der Waals surface area contributed by atoms with Gasteiger partial charge in [0.2, 0.25) is 0 Å². The standard InChI is InChI=1S/C10H18O/c1-9(2,3)10-4-5-11-7-8(10)6-10/h8H,4-7H2,1-3H3. The number of ether oxygens (including phenoxy) is 1. The molecule has 1 heterocycles. The highest BCUT2D eigenvalue weighted by Gasteiger charge is 2.61. The minimum atomic E-state index is 0.501. The van der Waals surface area contributed by atoms with Gasteiger partial charge in [-0.2, -0.15) is 0 Å². The Kier molecular flexibility index (Phi) is 1.39. The van der Waals surface area contributed by atoms with Crippen molar-refractivity contribution < 1.29 is 4.74 Å². The minimum Gasteiger partial charge on any atom is -0.381 e. The van der Waals surface area contributed by atoms with E-state index in [4.69, 9.17) is 4.74 Å². The van der Waals surface area contributed by atoms with Crippen molar-refractivity contribution in [3.8, 4) is 0 Å². The van der Waals surface area contributed by atoms with E-state index in [-0.39, 0.29) is 0 Å². The Balaban J connectivity index is 2.13. The quantitative estimate of drug-likeness (QED) is 0.521. The zero-order chi connectivity index (χ0) is 8.11. The highest BCUT2D eigenvalue weighted by molar-refractivity contribution is 5.09. The first-order valence-corrected chi connectivity index (χ1v) is 4.64. The van der Waals surface area contributed by atoms with Crippen LogP contribution in [0.4, 0.5) is 0 Å². The van der Waals surface area contributed by atoms with Crippen molar-refractivity contribution in [3.63, 3.8) is 0 Å². The first-order valence-electron chi connectivity index (χ1n) is 4.64. The summed E-state index contributed by atoms with van der Waals surface area (Å²) >= 11 is 0. The van der Waals surface area contributed by atoms with E-state index in [1.807, 2.05) is 0 Å². The van der Waals surface area contributed by atoms with Crippen LogP contribution < -0.4 is 0 Å². The second kappa shape index (κ2) is 2.01. The smallest absolute Gasteiger partial charge is 0.0500 e. The van der Waals surface area contributed by atoms with E-state index in [1.165, 1.54) is 12.8 Å². The van der Waals surface area contributed by atoms with Crippen LogP contribution in [0.1, 0.15) is 33.6 Å². The third-order valence-corrected chi connectivity index (χ3v) is 3.74. The van der Waals surface area contributed by atoms with Crippen molar-refractivity contribution in [2.75, 3.05) is 13.2 Å². The normalized spacial score (nSPS) is 43.4. The van der Waals surface area contributed by atoms with E-state index >= 15 is 0 Å². The molecule has 2 aliphatic rings. The molecule has 2 rings (SSSR count). The first kappa shape index (κ1) is 7.60. The molecule has 0 aromatic rings. The lowest BCUT2D eigenvalue weighted by molar-refractivity contribution is 0.0204. The summed E-state index contributed by atoms with van der Waals surface area (Å²) in [6, 6.07) is 0. The number of rotatable bonds is 0. The zero-order valence-corrected chi connectivity index (χ0v) is 7.81. The molecule has 64 valence electrons. The summed E-state index contributed by atoms with van der Waals surface area (Å²) in [6.45, 7) is 9.14. The molecule has 0 bridgehead atoms. The van der Waals surface area contributed by atoms with Gasteiger partial charge in [-0.1, -0.05) is 20.8 Å². The van der Waals surface area contributed by atoms with Crippen molar-refractivity contribution in [1.82, 2.24) is 0 Å². The molecule has 2 fully saturated rings. The second-order valence-electron chi connectivity index (χ2n) is 5.13. The van der Waals surface area contributed by atoms with Crippen molar-refractivity contribution in [2.45, 2.75) is 33.6 Å². The maximum atomic E-state index is 5.44. The fourth-order valence-electron chi connectivity index (χ4n) is 2.68. The molecule has 0 radical (unpaired) electrons. The van der Waals surface area contributed by atoms with Gasteiger partial charge in [-0.15, -0.1) is 0 Å². The van der Waals surface area contributed by atoms with E-state index in [9.17, 15) is 0 Å². The molecule has 1 saturated carbocycles. The number of hydrogen-bond acceptors (Lipinski definition) is 1. The Morgan fingerprint density at radius 3 is 2.55 bits per heavy atom. The van der Waals surface area contributed by atoms with Crippen LogP contribution in [0.25, 0.3) is 0 Å². The Bertz CT molecular complexity index is 168. The summed E-state index contributed by atoms with van der Waals surface area (Å²) in [5.41, 5.74) is 1.16. The van der Waals surface area contributed by atoms with Crippen LogP contribution in [-0.2, 0) is 4.74 Å². The molecular formula is C10H18O. The lowest BCUT2D eigenvalue weighted by Gasteiger charge is -2.34. The molecule has 2 unspecified atom stereocenters. The molecule has 0 aromatic heterocycles. The van der Waals surface area contributed by atoms with Gasteiger partial charge in [0.15, 0.2) is 0 Å². The number of hydrogen-bond donors (Lipinski definition) is 0. The molecule has 1 aliphatic heterocycles. The predicted molar refractivity (Wildman–Crippen MR) is 45.4 cm³/mol. The van der Waals surface area contributed by atoms with Crippen LogP contribution in [0.5, 0.6) is 0 Å². The van der Waals surface area contributed by atoms with Gasteiger partial charge in [-0.05, 0) is 29.6 Å². The Morgan fingerprint density at radius 2 is 2.09 bits per heavy atom. The summed E-state index contributed by atoms with van der Waals surface area (Å²) in [6.07, 6.45) is 2.71. The van der Waals surface area contributed by atoms with Crippen LogP contribution in [0.15, 0.2) is 0 Å². The van der Waals surface area contributed by atoms with Crippen molar-refractivity contribution in [1.29, 1.82) is 0 Å². The zero-order valence-electron chi connectivity index (χ0n) is 7.81. The fourth-order valence-corrected chi connectivity index (χ4v) is 2.68. The monoisotopic (exact) mass is 154 g/mol. The fraction of sp³-hybridized carbons (Fsp3) is 1.00. The topological polar surface area (TPSA) is 9.23 Å². The predicted octanol–water partition coefficient (Wildman–Crippen LogP) is 2.46. The van der Waals surface area contributed by atoms with E-state index in [0.717, 1.165) is 19.1 Å². The molecule has 0 aromatic carbocycles. The van der Waals surface area contributed by atoms with Crippen LogP contribution in [-0.4, -0.2) is 13.2 Å². The van der Waals surface area contributed by atoms with E-state index in [0.29, 0.717) is 10.8 Å². The molecule has 1 saturated heterocycles. The third kappa shape index (κ3) is 0.936. The maximum absolute atomic E-state index is 5.44. The lowest BCUT2D eigenvalue weighted by Crippen LogP contribution is -2.30. The summed E-state index contributed by atoms with van der Waals surface area (Å²) in [5, 5.41) is 0. The van der Waals surface area contributed by atoms with Crippen molar-refractivity contribution in [2.24, 2.45) is 16.7 Å². The van der Waals surface area contributed by atoms with E-state index in [2.05, 4.69) is 20.8 Å².